The maximum absolute atomic E-state index is 12.4. The molecule has 2 aromatic carbocycles. The van der Waals surface area contributed by atoms with Gasteiger partial charge >= 0.3 is 5.97 Å². The fourth-order valence-corrected chi connectivity index (χ4v) is 3.31. The van der Waals surface area contributed by atoms with Crippen molar-refractivity contribution in [2.75, 3.05) is 6.26 Å². The van der Waals surface area contributed by atoms with Crippen LogP contribution >= 0.6 is 0 Å². The van der Waals surface area contributed by atoms with Crippen LogP contribution in [0.5, 0.6) is 11.5 Å². The summed E-state index contributed by atoms with van der Waals surface area (Å²) in [5.41, 5.74) is 0.650. The smallest absolute Gasteiger partial charge is 0.339 e. The fourth-order valence-electron chi connectivity index (χ4n) is 2.44. The average molecular weight is 383 g/mol. The Morgan fingerprint density at radius 2 is 1.74 bits per heavy atom. The highest BCUT2D eigenvalue weighted by atomic mass is 32.2. The number of hydrogen-bond acceptors (Lipinski definition) is 6. The SMILES string of the molecule is CS(=O)(=O)c1ccccc1C(=O)OCc1ccccc1Oc1cccnc1. The predicted molar refractivity (Wildman–Crippen MR) is 99.4 cm³/mol. The van der Waals surface area contributed by atoms with Crippen molar-refractivity contribution >= 4 is 15.8 Å². The van der Waals surface area contributed by atoms with Crippen molar-refractivity contribution in [2.45, 2.75) is 11.5 Å². The van der Waals surface area contributed by atoms with Crippen LogP contribution in [0, 0.1) is 0 Å². The summed E-state index contributed by atoms with van der Waals surface area (Å²) in [5.74, 6) is 0.362. The highest BCUT2D eigenvalue weighted by Gasteiger charge is 2.19. The molecule has 0 unspecified atom stereocenters. The molecule has 0 bridgehead atoms. The Kier molecular flexibility index (Phi) is 5.52. The van der Waals surface area contributed by atoms with E-state index >= 15 is 0 Å². The van der Waals surface area contributed by atoms with Crippen molar-refractivity contribution in [3.05, 3.63) is 84.2 Å². The Morgan fingerprint density at radius 1 is 1.00 bits per heavy atom. The van der Waals surface area contributed by atoms with Crippen molar-refractivity contribution in [1.82, 2.24) is 4.98 Å². The first-order valence-corrected chi connectivity index (χ1v) is 9.96. The summed E-state index contributed by atoms with van der Waals surface area (Å²) < 4.78 is 34.8. The van der Waals surface area contributed by atoms with Gasteiger partial charge in [-0.2, -0.15) is 0 Å². The molecule has 0 radical (unpaired) electrons. The minimum atomic E-state index is -3.54. The van der Waals surface area contributed by atoms with Gasteiger partial charge in [0.1, 0.15) is 18.1 Å². The van der Waals surface area contributed by atoms with Gasteiger partial charge in [-0.05, 0) is 30.3 Å². The van der Waals surface area contributed by atoms with Crippen LogP contribution in [-0.4, -0.2) is 25.6 Å². The maximum Gasteiger partial charge on any atom is 0.339 e. The molecule has 27 heavy (non-hydrogen) atoms. The number of ether oxygens (including phenoxy) is 2. The van der Waals surface area contributed by atoms with Crippen LogP contribution in [0.1, 0.15) is 15.9 Å². The van der Waals surface area contributed by atoms with Gasteiger partial charge in [0.05, 0.1) is 16.7 Å². The number of pyridine rings is 1. The Hall–Kier alpha value is -3.19. The zero-order chi connectivity index (χ0) is 19.3. The molecular weight excluding hydrogens is 366 g/mol. The Labute approximate surface area is 157 Å². The summed E-state index contributed by atoms with van der Waals surface area (Å²) in [5, 5.41) is 0. The molecule has 138 valence electrons. The Bertz CT molecular complexity index is 1050. The maximum atomic E-state index is 12.4. The quantitative estimate of drug-likeness (QED) is 0.605. The van der Waals surface area contributed by atoms with Crippen LogP contribution < -0.4 is 4.74 Å². The number of esters is 1. The molecule has 0 spiro atoms. The summed E-state index contributed by atoms with van der Waals surface area (Å²) in [6.07, 6.45) is 4.26. The van der Waals surface area contributed by atoms with Crippen molar-refractivity contribution in [1.29, 1.82) is 0 Å². The second kappa shape index (κ2) is 8.01. The Morgan fingerprint density at radius 3 is 2.48 bits per heavy atom. The van der Waals surface area contributed by atoms with Gasteiger partial charge in [-0.25, -0.2) is 13.2 Å². The van der Waals surface area contributed by atoms with Gasteiger partial charge in [-0.15, -0.1) is 0 Å². The normalized spacial score (nSPS) is 11.0. The van der Waals surface area contributed by atoms with Crippen LogP contribution in [0.2, 0.25) is 0 Å². The molecule has 7 heteroatoms. The number of benzene rings is 2. The number of rotatable bonds is 6. The van der Waals surface area contributed by atoms with E-state index in [2.05, 4.69) is 4.98 Å². The van der Waals surface area contributed by atoms with E-state index in [9.17, 15) is 13.2 Å². The van der Waals surface area contributed by atoms with Gasteiger partial charge < -0.3 is 9.47 Å². The highest BCUT2D eigenvalue weighted by Crippen LogP contribution is 2.26. The molecule has 0 atom stereocenters. The minimum absolute atomic E-state index is 0.00524. The van der Waals surface area contributed by atoms with Gasteiger partial charge in [0.25, 0.3) is 0 Å². The van der Waals surface area contributed by atoms with Crippen LogP contribution in [0.4, 0.5) is 0 Å². The molecule has 0 amide bonds. The third kappa shape index (κ3) is 4.71. The zero-order valence-corrected chi connectivity index (χ0v) is 15.3. The van der Waals surface area contributed by atoms with Gasteiger partial charge in [0.15, 0.2) is 9.84 Å². The number of hydrogen-bond donors (Lipinski definition) is 0. The van der Waals surface area contributed by atoms with Gasteiger partial charge in [0.2, 0.25) is 0 Å². The number of nitrogens with zero attached hydrogens (tertiary/aromatic N) is 1. The minimum Gasteiger partial charge on any atom is -0.457 e. The monoisotopic (exact) mass is 383 g/mol. The lowest BCUT2D eigenvalue weighted by molar-refractivity contribution is 0.0466. The van der Waals surface area contributed by atoms with Gasteiger partial charge in [0, 0.05) is 18.0 Å². The number of sulfone groups is 1. The first-order valence-electron chi connectivity index (χ1n) is 8.07. The molecular formula is C20H17NO5S. The summed E-state index contributed by atoms with van der Waals surface area (Å²) >= 11 is 0. The average Bonchev–Trinajstić information content (AvgIpc) is 2.67. The van der Waals surface area contributed by atoms with Crippen LogP contribution in [0.3, 0.4) is 0 Å². The van der Waals surface area contributed by atoms with Crippen molar-refractivity contribution in [3.8, 4) is 11.5 Å². The molecule has 0 saturated carbocycles. The second-order valence-corrected chi connectivity index (χ2v) is 7.73. The molecule has 3 rings (SSSR count). The van der Waals surface area contributed by atoms with E-state index in [1.54, 1.807) is 60.9 Å². The summed E-state index contributed by atoms with van der Waals surface area (Å²) in [4.78, 5) is 16.3. The first-order chi connectivity index (χ1) is 12.9. The molecule has 1 heterocycles. The third-order valence-electron chi connectivity index (χ3n) is 3.70. The van der Waals surface area contributed by atoms with E-state index in [4.69, 9.17) is 9.47 Å². The summed E-state index contributed by atoms with van der Waals surface area (Å²) in [6.45, 7) is -0.0621. The van der Waals surface area contributed by atoms with E-state index in [-0.39, 0.29) is 17.1 Å². The fraction of sp³-hybridized carbons (Fsp3) is 0.100. The first kappa shape index (κ1) is 18.6. The standard InChI is InChI=1S/C20H17NO5S/c1-27(23,24)19-11-5-3-9-17(19)20(22)25-14-15-7-2-4-10-18(15)26-16-8-6-12-21-13-16/h2-13H,14H2,1H3. The lowest BCUT2D eigenvalue weighted by Crippen LogP contribution is -2.11. The topological polar surface area (TPSA) is 82.6 Å². The summed E-state index contributed by atoms with van der Waals surface area (Å²) in [7, 11) is -3.54. The molecule has 0 N–H and O–H groups in total. The van der Waals surface area contributed by atoms with Crippen molar-refractivity contribution in [2.24, 2.45) is 0 Å². The van der Waals surface area contributed by atoms with Crippen molar-refractivity contribution < 1.29 is 22.7 Å². The van der Waals surface area contributed by atoms with Crippen LogP contribution in [0.25, 0.3) is 0 Å². The number of para-hydroxylation sites is 1. The second-order valence-electron chi connectivity index (χ2n) is 5.74. The predicted octanol–water partition coefficient (Wildman–Crippen LogP) is 3.63. The molecule has 0 aliphatic rings. The molecule has 0 aliphatic heterocycles. The molecule has 0 aliphatic carbocycles. The number of aromatic nitrogens is 1. The van der Waals surface area contributed by atoms with E-state index in [1.165, 1.54) is 12.1 Å². The van der Waals surface area contributed by atoms with Crippen molar-refractivity contribution in [3.63, 3.8) is 0 Å². The van der Waals surface area contributed by atoms with Gasteiger partial charge in [-0.1, -0.05) is 30.3 Å². The zero-order valence-electron chi connectivity index (χ0n) is 14.5. The molecule has 1 aromatic heterocycles. The van der Waals surface area contributed by atoms with E-state index in [0.717, 1.165) is 6.26 Å². The highest BCUT2D eigenvalue weighted by molar-refractivity contribution is 7.90. The van der Waals surface area contributed by atoms with E-state index < -0.39 is 15.8 Å². The third-order valence-corrected chi connectivity index (χ3v) is 4.85. The molecule has 0 fully saturated rings. The molecule has 6 nitrogen and oxygen atoms in total. The summed E-state index contributed by atoms with van der Waals surface area (Å²) in [6, 6.07) is 16.6. The molecule has 3 aromatic rings. The van der Waals surface area contributed by atoms with Crippen LogP contribution in [0.15, 0.2) is 78.0 Å². The lowest BCUT2D eigenvalue weighted by Gasteiger charge is -2.12. The Balaban J connectivity index is 1.77. The van der Waals surface area contributed by atoms with Crippen LogP contribution in [-0.2, 0) is 21.2 Å². The number of carbonyl (C=O) groups excluding carboxylic acids is 1. The van der Waals surface area contributed by atoms with Gasteiger partial charge in [-0.3, -0.25) is 4.98 Å². The molecule has 0 saturated heterocycles. The largest absolute Gasteiger partial charge is 0.457 e. The van der Waals surface area contributed by atoms with E-state index in [1.807, 2.05) is 0 Å². The number of carbonyl (C=O) groups is 1. The van der Waals surface area contributed by atoms with E-state index in [0.29, 0.717) is 17.1 Å². The lowest BCUT2D eigenvalue weighted by atomic mass is 10.2.